The Balaban J connectivity index is 1.48. The van der Waals surface area contributed by atoms with Crippen molar-refractivity contribution in [2.45, 2.75) is 37.5 Å². The molecule has 2 aliphatic rings. The highest BCUT2D eigenvalue weighted by atomic mass is 35.5. The van der Waals surface area contributed by atoms with Crippen molar-refractivity contribution in [3.63, 3.8) is 0 Å². The number of alkyl halides is 5. The van der Waals surface area contributed by atoms with Gasteiger partial charge in [-0.05, 0) is 38.6 Å². The van der Waals surface area contributed by atoms with Crippen molar-refractivity contribution in [1.29, 1.82) is 0 Å². The lowest BCUT2D eigenvalue weighted by Gasteiger charge is -2.28. The smallest absolute Gasteiger partial charge is 0.401 e. The number of fused-ring (bicyclic) bond motifs is 3. The number of urea groups is 1. The van der Waals surface area contributed by atoms with Crippen molar-refractivity contribution >= 4 is 34.5 Å². The number of anilines is 2. The standard InChI is InChI=1S/C23H22ClF5N6O2/c1-22(23(27,28)29)11-34(16-4-3-13-9-17(24)32-35(13)19(16)22)21(36)30-12-7-15(20(25)26)31-18(8-12)37-14-5-6-33(2)10-14/h3-4,7-9,14,20H,5-6,10-11H2,1-2H3,(H,30,31,36)/t14-,22+/m0/s1. The van der Waals surface area contributed by atoms with Gasteiger partial charge in [0.2, 0.25) is 5.88 Å². The first-order valence-electron chi connectivity index (χ1n) is 11.3. The molecule has 3 aromatic heterocycles. The normalized spacial score (nSPS) is 22.2. The highest BCUT2D eigenvalue weighted by Gasteiger charge is 2.60. The summed E-state index contributed by atoms with van der Waals surface area (Å²) in [6.07, 6.45) is -7.29. The number of pyridine rings is 2. The molecule has 0 bridgehead atoms. The van der Waals surface area contributed by atoms with Crippen molar-refractivity contribution in [2.24, 2.45) is 0 Å². The van der Waals surface area contributed by atoms with Gasteiger partial charge >= 0.3 is 12.2 Å². The average Bonchev–Trinajstić information content (AvgIpc) is 3.47. The Morgan fingerprint density at radius 2 is 2.03 bits per heavy atom. The molecule has 1 N–H and O–H groups in total. The summed E-state index contributed by atoms with van der Waals surface area (Å²) in [5, 5.41) is 6.42. The van der Waals surface area contributed by atoms with Crippen LogP contribution in [0, 0.1) is 0 Å². The van der Waals surface area contributed by atoms with Crippen molar-refractivity contribution in [1.82, 2.24) is 19.5 Å². The van der Waals surface area contributed by atoms with Gasteiger partial charge in [-0.3, -0.25) is 4.90 Å². The van der Waals surface area contributed by atoms with Crippen LogP contribution in [0.3, 0.4) is 0 Å². The van der Waals surface area contributed by atoms with E-state index >= 15 is 0 Å². The van der Waals surface area contributed by atoms with Crippen LogP contribution in [0.25, 0.3) is 5.52 Å². The SMILES string of the molecule is CN1CC[C@H](Oc2cc(NC(=O)N3C[C@@](C)(C(F)(F)F)c4c3ccc3cc(Cl)nn43)cc(C(F)F)n2)C1. The molecule has 3 aromatic rings. The summed E-state index contributed by atoms with van der Waals surface area (Å²) in [5.74, 6) is -0.108. The molecule has 0 spiro atoms. The van der Waals surface area contributed by atoms with E-state index in [1.54, 1.807) is 0 Å². The second-order valence-corrected chi connectivity index (χ2v) is 9.81. The molecule has 0 unspecified atom stereocenters. The minimum atomic E-state index is -4.74. The number of hydrogen-bond donors (Lipinski definition) is 1. The van der Waals surface area contributed by atoms with Crippen LogP contribution in [-0.2, 0) is 5.41 Å². The first kappa shape index (κ1) is 25.5. The summed E-state index contributed by atoms with van der Waals surface area (Å²) in [7, 11) is 1.89. The Morgan fingerprint density at radius 3 is 2.68 bits per heavy atom. The molecule has 2 aliphatic heterocycles. The monoisotopic (exact) mass is 544 g/mol. The van der Waals surface area contributed by atoms with E-state index in [9.17, 15) is 26.7 Å². The van der Waals surface area contributed by atoms with Gasteiger partial charge in [0.1, 0.15) is 17.2 Å². The fourth-order valence-electron chi connectivity index (χ4n) is 4.75. The molecule has 0 aromatic carbocycles. The summed E-state index contributed by atoms with van der Waals surface area (Å²) in [6, 6.07) is 5.58. The highest BCUT2D eigenvalue weighted by molar-refractivity contribution is 6.29. The molecule has 37 heavy (non-hydrogen) atoms. The lowest BCUT2D eigenvalue weighted by molar-refractivity contribution is -0.181. The van der Waals surface area contributed by atoms with Gasteiger partial charge in [0.15, 0.2) is 5.15 Å². The molecule has 0 saturated carbocycles. The molecule has 14 heteroatoms. The molecule has 2 amide bonds. The summed E-state index contributed by atoms with van der Waals surface area (Å²) in [5.41, 5.74) is -3.13. The van der Waals surface area contributed by atoms with Crippen LogP contribution in [0.2, 0.25) is 5.15 Å². The Bertz CT molecular complexity index is 1370. The molecular formula is C23H22ClF5N6O2. The zero-order valence-corrected chi connectivity index (χ0v) is 20.4. The Labute approximate surface area is 212 Å². The van der Waals surface area contributed by atoms with Gasteiger partial charge in [-0.15, -0.1) is 0 Å². The number of carbonyl (C=O) groups excluding carboxylic acids is 1. The molecule has 5 rings (SSSR count). The van der Waals surface area contributed by atoms with Gasteiger partial charge in [0.05, 0.1) is 16.9 Å². The number of aromatic nitrogens is 3. The van der Waals surface area contributed by atoms with E-state index in [-0.39, 0.29) is 34.2 Å². The van der Waals surface area contributed by atoms with Gasteiger partial charge in [0, 0.05) is 37.5 Å². The van der Waals surface area contributed by atoms with Crippen LogP contribution in [0.5, 0.6) is 5.88 Å². The molecule has 5 heterocycles. The van der Waals surface area contributed by atoms with Gasteiger partial charge in [0.25, 0.3) is 6.43 Å². The number of likely N-dealkylation sites (N-methyl/N-ethyl adjacent to an activating group) is 1. The molecule has 0 aliphatic carbocycles. The van der Waals surface area contributed by atoms with Crippen molar-refractivity contribution in [3.8, 4) is 5.88 Å². The summed E-state index contributed by atoms with van der Waals surface area (Å²) in [4.78, 5) is 20.0. The summed E-state index contributed by atoms with van der Waals surface area (Å²) in [6.45, 7) is 1.57. The maximum absolute atomic E-state index is 14.3. The van der Waals surface area contributed by atoms with Crippen molar-refractivity contribution in [2.75, 3.05) is 36.9 Å². The van der Waals surface area contributed by atoms with Gasteiger partial charge < -0.3 is 15.0 Å². The third kappa shape index (κ3) is 4.54. The largest absolute Gasteiger partial charge is 0.473 e. The molecule has 1 fully saturated rings. The fraction of sp³-hybridized carbons (Fsp3) is 0.435. The van der Waals surface area contributed by atoms with E-state index in [1.807, 2.05) is 11.9 Å². The highest BCUT2D eigenvalue weighted by Crippen LogP contribution is 2.50. The lowest BCUT2D eigenvalue weighted by atomic mass is 9.87. The number of halogens is 6. The zero-order chi connectivity index (χ0) is 26.7. The number of rotatable bonds is 4. The van der Waals surface area contributed by atoms with Crippen molar-refractivity contribution in [3.05, 3.63) is 46.9 Å². The van der Waals surface area contributed by atoms with Crippen LogP contribution >= 0.6 is 11.6 Å². The minimum absolute atomic E-state index is 0.00174. The van der Waals surface area contributed by atoms with Crippen LogP contribution in [-0.4, -0.2) is 64.5 Å². The van der Waals surface area contributed by atoms with Crippen LogP contribution < -0.4 is 15.0 Å². The number of carbonyl (C=O) groups is 1. The molecule has 0 radical (unpaired) electrons. The number of amides is 2. The molecule has 2 atom stereocenters. The van der Waals surface area contributed by atoms with Gasteiger partial charge in [-0.25, -0.2) is 23.1 Å². The van der Waals surface area contributed by atoms with E-state index in [1.165, 1.54) is 24.3 Å². The first-order valence-corrected chi connectivity index (χ1v) is 11.7. The van der Waals surface area contributed by atoms with Gasteiger partial charge in [-0.2, -0.15) is 18.3 Å². The average molecular weight is 545 g/mol. The molecular weight excluding hydrogens is 523 g/mol. The Kier molecular flexibility index (Phi) is 6.18. The summed E-state index contributed by atoms with van der Waals surface area (Å²) < 4.78 is 76.8. The minimum Gasteiger partial charge on any atom is -0.473 e. The maximum Gasteiger partial charge on any atom is 0.401 e. The topological polar surface area (TPSA) is 75.0 Å². The second kappa shape index (κ2) is 8.98. The third-order valence-electron chi connectivity index (χ3n) is 6.66. The van der Waals surface area contributed by atoms with E-state index in [2.05, 4.69) is 15.4 Å². The van der Waals surface area contributed by atoms with Crippen LogP contribution in [0.1, 0.15) is 31.2 Å². The number of nitrogens with zero attached hydrogens (tertiary/aromatic N) is 5. The third-order valence-corrected chi connectivity index (χ3v) is 6.85. The summed E-state index contributed by atoms with van der Waals surface area (Å²) >= 11 is 5.93. The van der Waals surface area contributed by atoms with E-state index in [4.69, 9.17) is 16.3 Å². The molecule has 8 nitrogen and oxygen atoms in total. The Hall–Kier alpha value is -3.19. The van der Waals surface area contributed by atoms with E-state index in [0.29, 0.717) is 18.5 Å². The molecule has 198 valence electrons. The fourth-order valence-corrected chi connectivity index (χ4v) is 4.94. The predicted octanol–water partition coefficient (Wildman–Crippen LogP) is 5.28. The second-order valence-electron chi connectivity index (χ2n) is 9.43. The first-order chi connectivity index (χ1) is 17.4. The lowest BCUT2D eigenvalue weighted by Crippen LogP contribution is -2.46. The van der Waals surface area contributed by atoms with Gasteiger partial charge in [-0.1, -0.05) is 11.6 Å². The van der Waals surface area contributed by atoms with Crippen molar-refractivity contribution < 1.29 is 31.5 Å². The van der Waals surface area contributed by atoms with E-state index < -0.39 is 36.3 Å². The Morgan fingerprint density at radius 1 is 1.27 bits per heavy atom. The number of nitrogens with one attached hydrogen (secondary N) is 1. The van der Waals surface area contributed by atoms with Crippen LogP contribution in [0.15, 0.2) is 30.3 Å². The van der Waals surface area contributed by atoms with E-state index in [0.717, 1.165) is 29.0 Å². The number of hydrogen-bond acceptors (Lipinski definition) is 5. The predicted molar refractivity (Wildman–Crippen MR) is 126 cm³/mol. The maximum atomic E-state index is 14.3. The zero-order valence-electron chi connectivity index (χ0n) is 19.7. The van der Waals surface area contributed by atoms with Crippen LogP contribution in [0.4, 0.5) is 38.1 Å². The number of likely N-dealkylation sites (tertiary alicyclic amines) is 1. The number of ether oxygens (including phenoxy) is 1. The quantitative estimate of drug-likeness (QED) is 0.453. The molecule has 1 saturated heterocycles.